The highest BCUT2D eigenvalue weighted by atomic mass is 35.5. The van der Waals surface area contributed by atoms with Crippen LogP contribution in [0.2, 0.25) is 15.1 Å². The van der Waals surface area contributed by atoms with E-state index >= 15 is 0 Å². The highest BCUT2D eigenvalue weighted by molar-refractivity contribution is 6.43. The lowest BCUT2D eigenvalue weighted by atomic mass is 10.3. The zero-order chi connectivity index (χ0) is 11.6. The molecule has 0 saturated carbocycles. The van der Waals surface area contributed by atoms with Crippen molar-refractivity contribution in [3.05, 3.63) is 27.2 Å². The molecule has 1 aromatic carbocycles. The van der Waals surface area contributed by atoms with Gasteiger partial charge in [-0.15, -0.1) is 0 Å². The second-order valence-corrected chi connectivity index (χ2v) is 4.02. The van der Waals surface area contributed by atoms with Gasteiger partial charge in [-0.05, 0) is 13.0 Å². The van der Waals surface area contributed by atoms with E-state index in [1.807, 2.05) is 0 Å². The molecule has 0 aliphatic rings. The Hall–Kier alpha value is -0.640. The zero-order valence-corrected chi connectivity index (χ0v) is 9.90. The minimum absolute atomic E-state index is 0.195. The van der Waals surface area contributed by atoms with Crippen LogP contribution in [0.5, 0.6) is 5.75 Å². The van der Waals surface area contributed by atoms with Gasteiger partial charge in [-0.3, -0.25) is 0 Å². The lowest BCUT2D eigenvalue weighted by Gasteiger charge is -2.12. The van der Waals surface area contributed by atoms with Gasteiger partial charge in [0.05, 0.1) is 15.1 Å². The molecule has 0 radical (unpaired) electrons. The number of carboxylic acids is 1. The summed E-state index contributed by atoms with van der Waals surface area (Å²) in [6.07, 6.45) is -1.00. The highest BCUT2D eigenvalue weighted by Crippen LogP contribution is 2.34. The molecular formula is C9H7Cl3O3. The lowest BCUT2D eigenvalue weighted by Crippen LogP contribution is -2.22. The van der Waals surface area contributed by atoms with Crippen molar-refractivity contribution in [2.75, 3.05) is 0 Å². The predicted molar refractivity (Wildman–Crippen MR) is 59.2 cm³/mol. The van der Waals surface area contributed by atoms with Crippen molar-refractivity contribution in [3.63, 3.8) is 0 Å². The van der Waals surface area contributed by atoms with Crippen LogP contribution < -0.4 is 4.74 Å². The number of carbonyl (C=O) groups is 1. The zero-order valence-electron chi connectivity index (χ0n) is 7.63. The Bertz CT molecular complexity index is 392. The van der Waals surface area contributed by atoms with Gasteiger partial charge in [0.25, 0.3) is 0 Å². The summed E-state index contributed by atoms with van der Waals surface area (Å²) in [5, 5.41) is 9.40. The summed E-state index contributed by atoms with van der Waals surface area (Å²) in [6.45, 7) is 1.39. The minimum Gasteiger partial charge on any atom is -0.479 e. The molecule has 0 aromatic heterocycles. The Morgan fingerprint density at radius 3 is 2.33 bits per heavy atom. The molecule has 0 bridgehead atoms. The van der Waals surface area contributed by atoms with Crippen LogP contribution in [0.25, 0.3) is 0 Å². The first-order valence-corrected chi connectivity index (χ1v) is 5.09. The number of halogens is 3. The number of hydrogen-bond acceptors (Lipinski definition) is 2. The van der Waals surface area contributed by atoms with Gasteiger partial charge in [-0.25, -0.2) is 4.79 Å². The van der Waals surface area contributed by atoms with Gasteiger partial charge in [0.15, 0.2) is 6.10 Å². The molecule has 0 amide bonds. The average molecular weight is 270 g/mol. The van der Waals surface area contributed by atoms with E-state index in [-0.39, 0.29) is 20.8 Å². The molecular weight excluding hydrogens is 262 g/mol. The quantitative estimate of drug-likeness (QED) is 0.854. The first-order valence-electron chi connectivity index (χ1n) is 3.96. The molecule has 0 aliphatic carbocycles. The summed E-state index contributed by atoms with van der Waals surface area (Å²) in [4.78, 5) is 10.5. The van der Waals surface area contributed by atoms with E-state index in [0.717, 1.165) is 0 Å². The summed E-state index contributed by atoms with van der Waals surface area (Å²) in [7, 11) is 0. The fraction of sp³-hybridized carbons (Fsp3) is 0.222. The predicted octanol–water partition coefficient (Wildman–Crippen LogP) is 3.50. The van der Waals surface area contributed by atoms with Crippen molar-refractivity contribution in [1.82, 2.24) is 0 Å². The van der Waals surface area contributed by atoms with E-state index in [9.17, 15) is 4.79 Å². The van der Waals surface area contributed by atoms with E-state index in [1.165, 1.54) is 19.1 Å². The molecule has 3 nitrogen and oxygen atoms in total. The second-order valence-electron chi connectivity index (χ2n) is 2.80. The van der Waals surface area contributed by atoms with Gasteiger partial charge in [0, 0.05) is 6.07 Å². The Kier molecular flexibility index (Phi) is 4.08. The molecule has 1 rings (SSSR count). The van der Waals surface area contributed by atoms with Gasteiger partial charge < -0.3 is 9.84 Å². The van der Waals surface area contributed by atoms with Crippen LogP contribution in [0.4, 0.5) is 0 Å². The standard InChI is InChI=1S/C9H7Cl3O3/c1-4(9(13)14)15-8-3-6(11)5(10)2-7(8)12/h2-4H,1H3,(H,13,14)/t4-/m0/s1. The normalized spacial score (nSPS) is 12.3. The van der Waals surface area contributed by atoms with E-state index in [2.05, 4.69) is 0 Å². The van der Waals surface area contributed by atoms with Crippen LogP contribution in [0.1, 0.15) is 6.92 Å². The van der Waals surface area contributed by atoms with Crippen LogP contribution in [-0.2, 0) is 4.79 Å². The lowest BCUT2D eigenvalue weighted by molar-refractivity contribution is -0.144. The topological polar surface area (TPSA) is 46.5 Å². The van der Waals surface area contributed by atoms with Gasteiger partial charge in [0.1, 0.15) is 5.75 Å². The van der Waals surface area contributed by atoms with Crippen molar-refractivity contribution in [1.29, 1.82) is 0 Å². The summed E-state index contributed by atoms with van der Waals surface area (Å²) < 4.78 is 5.07. The molecule has 6 heteroatoms. The average Bonchev–Trinajstić information content (AvgIpc) is 2.13. The Morgan fingerprint density at radius 2 is 1.80 bits per heavy atom. The molecule has 1 N–H and O–H groups in total. The van der Waals surface area contributed by atoms with Crippen LogP contribution >= 0.6 is 34.8 Å². The van der Waals surface area contributed by atoms with Crippen molar-refractivity contribution in [2.45, 2.75) is 13.0 Å². The molecule has 0 heterocycles. The summed E-state index contributed by atoms with van der Waals surface area (Å²) in [5.41, 5.74) is 0. The summed E-state index contributed by atoms with van der Waals surface area (Å²) in [6, 6.07) is 2.78. The Labute approximate surface area is 102 Å². The molecule has 0 fully saturated rings. The van der Waals surface area contributed by atoms with Crippen molar-refractivity contribution in [3.8, 4) is 5.75 Å². The molecule has 0 aliphatic heterocycles. The van der Waals surface area contributed by atoms with Crippen LogP contribution in [-0.4, -0.2) is 17.2 Å². The van der Waals surface area contributed by atoms with Gasteiger partial charge in [-0.2, -0.15) is 0 Å². The first-order chi connectivity index (χ1) is 6.91. The van der Waals surface area contributed by atoms with Crippen LogP contribution in [0.3, 0.4) is 0 Å². The number of hydrogen-bond donors (Lipinski definition) is 1. The maximum atomic E-state index is 10.5. The fourth-order valence-corrected chi connectivity index (χ4v) is 1.42. The number of ether oxygens (including phenoxy) is 1. The maximum absolute atomic E-state index is 10.5. The number of carboxylic acid groups (broad SMARTS) is 1. The molecule has 0 unspecified atom stereocenters. The van der Waals surface area contributed by atoms with Gasteiger partial charge in [0.2, 0.25) is 0 Å². The molecule has 82 valence electrons. The number of benzene rings is 1. The third kappa shape index (κ3) is 3.16. The van der Waals surface area contributed by atoms with E-state index < -0.39 is 12.1 Å². The smallest absolute Gasteiger partial charge is 0.344 e. The van der Waals surface area contributed by atoms with Crippen molar-refractivity contribution < 1.29 is 14.6 Å². The minimum atomic E-state index is -1.09. The largest absolute Gasteiger partial charge is 0.479 e. The Balaban J connectivity index is 2.95. The maximum Gasteiger partial charge on any atom is 0.344 e. The van der Waals surface area contributed by atoms with Crippen LogP contribution in [0.15, 0.2) is 12.1 Å². The van der Waals surface area contributed by atoms with Crippen molar-refractivity contribution >= 4 is 40.8 Å². The summed E-state index contributed by atoms with van der Waals surface area (Å²) >= 11 is 17.2. The first kappa shape index (κ1) is 12.4. The SMILES string of the molecule is C[C@H](Oc1cc(Cl)c(Cl)cc1Cl)C(=O)O. The number of rotatable bonds is 3. The molecule has 0 saturated heterocycles. The molecule has 1 atom stereocenters. The van der Waals surface area contributed by atoms with Crippen molar-refractivity contribution in [2.24, 2.45) is 0 Å². The fourth-order valence-electron chi connectivity index (χ4n) is 0.835. The molecule has 15 heavy (non-hydrogen) atoms. The third-order valence-electron chi connectivity index (χ3n) is 1.63. The van der Waals surface area contributed by atoms with Gasteiger partial charge in [-0.1, -0.05) is 34.8 Å². The monoisotopic (exact) mass is 268 g/mol. The molecule has 1 aromatic rings. The van der Waals surface area contributed by atoms with Gasteiger partial charge >= 0.3 is 5.97 Å². The molecule has 0 spiro atoms. The highest BCUT2D eigenvalue weighted by Gasteiger charge is 2.15. The van der Waals surface area contributed by atoms with E-state index in [4.69, 9.17) is 44.6 Å². The third-order valence-corrected chi connectivity index (χ3v) is 2.64. The summed E-state index contributed by atoms with van der Waals surface area (Å²) in [5.74, 6) is -0.891. The number of aliphatic carboxylic acids is 1. The van der Waals surface area contributed by atoms with E-state index in [0.29, 0.717) is 0 Å². The van der Waals surface area contributed by atoms with E-state index in [1.54, 1.807) is 0 Å². The Morgan fingerprint density at radius 1 is 1.27 bits per heavy atom. The van der Waals surface area contributed by atoms with Crippen LogP contribution in [0, 0.1) is 0 Å². The second kappa shape index (κ2) is 4.92.